The molecular weight excluding hydrogens is 324 g/mol. The Hall–Kier alpha value is -1.85. The van der Waals surface area contributed by atoms with Crippen molar-refractivity contribution in [1.82, 2.24) is 20.4 Å². The molecule has 3 heterocycles. The third-order valence-corrected chi connectivity index (χ3v) is 4.91. The van der Waals surface area contributed by atoms with Crippen molar-refractivity contribution in [3.8, 4) is 5.69 Å². The van der Waals surface area contributed by atoms with E-state index in [9.17, 15) is 4.79 Å². The lowest BCUT2D eigenvalue weighted by Crippen LogP contribution is -2.48. The average Bonchev–Trinajstić information content (AvgIpc) is 3.18. The van der Waals surface area contributed by atoms with Crippen LogP contribution < -0.4 is 10.6 Å². The van der Waals surface area contributed by atoms with E-state index in [4.69, 9.17) is 0 Å². The van der Waals surface area contributed by atoms with Gasteiger partial charge in [-0.05, 0) is 49.4 Å². The van der Waals surface area contributed by atoms with E-state index in [1.807, 2.05) is 41.2 Å². The number of amides is 1. The molecule has 1 aromatic heterocycles. The molecule has 2 bridgehead atoms. The molecule has 2 saturated heterocycles. The van der Waals surface area contributed by atoms with Crippen LogP contribution in [0, 0.1) is 0 Å². The first-order valence-corrected chi connectivity index (χ1v) is 8.40. The molecule has 2 aliphatic rings. The van der Waals surface area contributed by atoms with Crippen molar-refractivity contribution in [2.45, 2.75) is 50.2 Å². The Morgan fingerprint density at radius 2 is 1.92 bits per heavy atom. The third-order valence-electron chi connectivity index (χ3n) is 4.91. The topological polar surface area (TPSA) is 59.0 Å². The van der Waals surface area contributed by atoms with Gasteiger partial charge in [-0.25, -0.2) is 4.68 Å². The lowest BCUT2D eigenvalue weighted by atomic mass is 9.99. The van der Waals surface area contributed by atoms with Gasteiger partial charge in [0.25, 0.3) is 0 Å². The summed E-state index contributed by atoms with van der Waals surface area (Å²) < 4.78 is 1.81. The van der Waals surface area contributed by atoms with Crippen LogP contribution in [0.5, 0.6) is 0 Å². The maximum absolute atomic E-state index is 12.3. The van der Waals surface area contributed by atoms with Gasteiger partial charge in [0.15, 0.2) is 0 Å². The van der Waals surface area contributed by atoms with Crippen LogP contribution in [0.15, 0.2) is 42.7 Å². The molecule has 6 heteroatoms. The Balaban J connectivity index is 0.00000169. The number of rotatable bonds is 4. The maximum Gasteiger partial charge on any atom is 0.224 e. The van der Waals surface area contributed by atoms with Gasteiger partial charge in [0.2, 0.25) is 5.91 Å². The van der Waals surface area contributed by atoms with Crippen LogP contribution >= 0.6 is 12.4 Å². The SMILES string of the molecule is Cl.O=C(Cc1ccc(-n2cccn2)cc1)NC1CC2CCC(C1)N2. The molecule has 0 radical (unpaired) electrons. The Bertz CT molecular complexity index is 659. The zero-order valence-corrected chi connectivity index (χ0v) is 14.3. The number of nitrogens with one attached hydrogen (secondary N) is 2. The molecule has 2 aromatic rings. The van der Waals surface area contributed by atoms with Crippen LogP contribution in [0.25, 0.3) is 5.69 Å². The van der Waals surface area contributed by atoms with E-state index in [0.29, 0.717) is 24.5 Å². The molecule has 4 rings (SSSR count). The highest BCUT2D eigenvalue weighted by Gasteiger charge is 2.33. The smallest absolute Gasteiger partial charge is 0.224 e. The fourth-order valence-corrected chi connectivity index (χ4v) is 3.83. The molecule has 1 aromatic carbocycles. The summed E-state index contributed by atoms with van der Waals surface area (Å²) in [5, 5.41) is 11.0. The fraction of sp³-hybridized carbons (Fsp3) is 0.444. The van der Waals surface area contributed by atoms with E-state index in [2.05, 4.69) is 15.7 Å². The minimum atomic E-state index is 0. The summed E-state index contributed by atoms with van der Waals surface area (Å²) in [4.78, 5) is 12.3. The molecule has 0 aliphatic carbocycles. The van der Waals surface area contributed by atoms with Crippen LogP contribution in [0.3, 0.4) is 0 Å². The first-order valence-electron chi connectivity index (χ1n) is 8.40. The number of aromatic nitrogens is 2. The summed E-state index contributed by atoms with van der Waals surface area (Å²) >= 11 is 0. The first kappa shape index (κ1) is 17.0. The quantitative estimate of drug-likeness (QED) is 0.892. The van der Waals surface area contributed by atoms with E-state index in [-0.39, 0.29) is 18.3 Å². The van der Waals surface area contributed by atoms with Crippen molar-refractivity contribution in [1.29, 1.82) is 0 Å². The summed E-state index contributed by atoms with van der Waals surface area (Å²) in [6, 6.07) is 11.4. The third kappa shape index (κ3) is 3.79. The van der Waals surface area contributed by atoms with Gasteiger partial charge in [0.1, 0.15) is 0 Å². The molecule has 128 valence electrons. The highest BCUT2D eigenvalue weighted by molar-refractivity contribution is 5.85. The number of piperidine rings is 1. The number of fused-ring (bicyclic) bond motifs is 2. The minimum absolute atomic E-state index is 0. The molecule has 2 N–H and O–H groups in total. The van der Waals surface area contributed by atoms with Crippen LogP contribution in [0.4, 0.5) is 0 Å². The van der Waals surface area contributed by atoms with Gasteiger partial charge < -0.3 is 10.6 Å². The molecule has 2 atom stereocenters. The van der Waals surface area contributed by atoms with E-state index in [0.717, 1.165) is 24.1 Å². The molecular formula is C18H23ClN4O. The molecule has 0 spiro atoms. The van der Waals surface area contributed by atoms with Crippen molar-refractivity contribution in [3.63, 3.8) is 0 Å². The number of benzene rings is 1. The van der Waals surface area contributed by atoms with E-state index in [1.54, 1.807) is 6.20 Å². The standard InChI is InChI=1S/C18H22N4O.ClH/c23-18(21-16-11-14-4-5-15(12-16)20-14)10-13-2-6-17(7-3-13)22-9-1-8-19-22;/h1-3,6-9,14-16,20H,4-5,10-12H2,(H,21,23);1H. The second-order valence-corrected chi connectivity index (χ2v) is 6.67. The van der Waals surface area contributed by atoms with Gasteiger partial charge >= 0.3 is 0 Å². The summed E-state index contributed by atoms with van der Waals surface area (Å²) in [6.07, 6.45) is 8.76. The second kappa shape index (κ2) is 7.36. The average molecular weight is 347 g/mol. The summed E-state index contributed by atoms with van der Waals surface area (Å²) in [5.41, 5.74) is 2.05. The van der Waals surface area contributed by atoms with Gasteiger partial charge in [0, 0.05) is 30.5 Å². The molecule has 2 unspecified atom stereocenters. The van der Waals surface area contributed by atoms with E-state index in [1.165, 1.54) is 12.8 Å². The van der Waals surface area contributed by atoms with E-state index >= 15 is 0 Å². The number of carbonyl (C=O) groups excluding carboxylic acids is 1. The summed E-state index contributed by atoms with van der Waals surface area (Å²) in [7, 11) is 0. The Labute approximate surface area is 148 Å². The Morgan fingerprint density at radius 1 is 1.21 bits per heavy atom. The Kier molecular flexibility index (Phi) is 5.21. The number of hydrogen-bond acceptors (Lipinski definition) is 3. The fourth-order valence-electron chi connectivity index (χ4n) is 3.83. The predicted molar refractivity (Wildman–Crippen MR) is 95.6 cm³/mol. The second-order valence-electron chi connectivity index (χ2n) is 6.67. The first-order chi connectivity index (χ1) is 11.3. The molecule has 2 fully saturated rings. The van der Waals surface area contributed by atoms with Gasteiger partial charge in [-0.2, -0.15) is 5.10 Å². The lowest BCUT2D eigenvalue weighted by Gasteiger charge is -2.29. The van der Waals surface area contributed by atoms with Crippen LogP contribution in [0.2, 0.25) is 0 Å². The van der Waals surface area contributed by atoms with E-state index < -0.39 is 0 Å². The van der Waals surface area contributed by atoms with Gasteiger partial charge in [-0.1, -0.05) is 12.1 Å². The highest BCUT2D eigenvalue weighted by Crippen LogP contribution is 2.26. The number of halogens is 1. The number of nitrogens with zero attached hydrogens (tertiary/aromatic N) is 2. The maximum atomic E-state index is 12.3. The van der Waals surface area contributed by atoms with Gasteiger partial charge in [-0.3, -0.25) is 4.79 Å². The van der Waals surface area contributed by atoms with Crippen molar-refractivity contribution < 1.29 is 4.79 Å². The highest BCUT2D eigenvalue weighted by atomic mass is 35.5. The van der Waals surface area contributed by atoms with Crippen molar-refractivity contribution in [3.05, 3.63) is 48.3 Å². The van der Waals surface area contributed by atoms with Crippen molar-refractivity contribution >= 4 is 18.3 Å². The lowest BCUT2D eigenvalue weighted by molar-refractivity contribution is -0.121. The largest absolute Gasteiger partial charge is 0.353 e. The summed E-state index contributed by atoms with van der Waals surface area (Å²) in [6.45, 7) is 0. The van der Waals surface area contributed by atoms with Gasteiger partial charge in [-0.15, -0.1) is 12.4 Å². The van der Waals surface area contributed by atoms with Crippen LogP contribution in [0.1, 0.15) is 31.2 Å². The molecule has 24 heavy (non-hydrogen) atoms. The number of carbonyl (C=O) groups is 1. The normalized spacial score (nSPS) is 25.1. The van der Waals surface area contributed by atoms with Gasteiger partial charge in [0.05, 0.1) is 12.1 Å². The van der Waals surface area contributed by atoms with Crippen LogP contribution in [-0.2, 0) is 11.2 Å². The number of hydrogen-bond donors (Lipinski definition) is 2. The molecule has 5 nitrogen and oxygen atoms in total. The minimum Gasteiger partial charge on any atom is -0.353 e. The van der Waals surface area contributed by atoms with Crippen molar-refractivity contribution in [2.24, 2.45) is 0 Å². The van der Waals surface area contributed by atoms with Crippen LogP contribution in [-0.4, -0.2) is 33.8 Å². The van der Waals surface area contributed by atoms with Crippen molar-refractivity contribution in [2.75, 3.05) is 0 Å². The summed E-state index contributed by atoms with van der Waals surface area (Å²) in [5.74, 6) is 0.128. The predicted octanol–water partition coefficient (Wildman–Crippen LogP) is 2.24. The Morgan fingerprint density at radius 3 is 2.54 bits per heavy atom. The molecule has 0 saturated carbocycles. The molecule has 1 amide bonds. The zero-order valence-electron chi connectivity index (χ0n) is 13.5. The monoisotopic (exact) mass is 346 g/mol. The zero-order chi connectivity index (χ0) is 15.6. The molecule has 2 aliphatic heterocycles.